The van der Waals surface area contributed by atoms with Crippen LogP contribution in [-0.4, -0.2) is 33.8 Å². The van der Waals surface area contributed by atoms with Crippen molar-refractivity contribution < 1.29 is 9.59 Å². The number of carbonyl (C=O) groups excluding carboxylic acids is 2. The Morgan fingerprint density at radius 1 is 1.23 bits per heavy atom. The minimum Gasteiger partial charge on any atom is -0.338 e. The molecule has 0 atom stereocenters. The van der Waals surface area contributed by atoms with Crippen LogP contribution in [0.5, 0.6) is 0 Å². The lowest BCUT2D eigenvalue weighted by molar-refractivity contribution is -0.119. The Labute approximate surface area is 216 Å². The molecular weight excluding hydrogens is 476 g/mol. The number of imidazole rings is 1. The molecule has 8 heteroatoms. The van der Waals surface area contributed by atoms with E-state index >= 15 is 0 Å². The molecule has 0 aliphatic rings. The van der Waals surface area contributed by atoms with E-state index in [4.69, 9.17) is 0 Å². The molecule has 1 heterocycles. The van der Waals surface area contributed by atoms with E-state index in [9.17, 15) is 9.59 Å². The number of thioether (sulfide) groups is 2. The molecule has 0 spiro atoms. The molecule has 0 saturated carbocycles. The average Bonchev–Trinajstić information content (AvgIpc) is 3.27. The van der Waals surface area contributed by atoms with Crippen LogP contribution in [0.3, 0.4) is 0 Å². The van der Waals surface area contributed by atoms with E-state index in [1.807, 2.05) is 61.9 Å². The summed E-state index contributed by atoms with van der Waals surface area (Å²) in [5.74, 6) is 1.37. The first-order valence-corrected chi connectivity index (χ1v) is 13.7. The first kappa shape index (κ1) is 28.3. The summed E-state index contributed by atoms with van der Waals surface area (Å²) >= 11 is 3.20. The Balaban J connectivity index is 2.07. The molecule has 0 bridgehead atoms. The molecule has 0 aliphatic heterocycles. The first-order chi connectivity index (χ1) is 16.9. The third-order valence-corrected chi connectivity index (χ3v) is 6.60. The van der Waals surface area contributed by atoms with Gasteiger partial charge in [-0.25, -0.2) is 4.98 Å². The summed E-state index contributed by atoms with van der Waals surface area (Å²) in [6, 6.07) is 5.61. The van der Waals surface area contributed by atoms with Gasteiger partial charge >= 0.3 is 0 Å². The average molecular weight is 511 g/mol. The van der Waals surface area contributed by atoms with Crippen LogP contribution in [0.25, 0.3) is 16.6 Å². The lowest BCUT2D eigenvalue weighted by atomic mass is 10.2. The highest BCUT2D eigenvalue weighted by Crippen LogP contribution is 2.21. The number of anilines is 1. The molecule has 35 heavy (non-hydrogen) atoms. The smallest absolute Gasteiger partial charge is 0.229 e. The highest BCUT2D eigenvalue weighted by Gasteiger charge is 2.08. The zero-order valence-corrected chi connectivity index (χ0v) is 22.4. The van der Waals surface area contributed by atoms with Gasteiger partial charge in [0.1, 0.15) is 5.82 Å². The number of aromatic amines is 1. The van der Waals surface area contributed by atoms with Gasteiger partial charge in [0.25, 0.3) is 0 Å². The Kier molecular flexibility index (Phi) is 12.2. The van der Waals surface area contributed by atoms with Gasteiger partial charge in [0.2, 0.25) is 11.8 Å². The number of nitrogens with zero attached hydrogens (tertiary/aromatic N) is 1. The quantitative estimate of drug-likeness (QED) is 0.204. The predicted molar refractivity (Wildman–Crippen MR) is 153 cm³/mol. The molecule has 1 aromatic heterocycles. The zero-order valence-electron chi connectivity index (χ0n) is 20.8. The molecule has 0 aliphatic carbocycles. The molecule has 2 amide bonds. The Morgan fingerprint density at radius 3 is 2.71 bits per heavy atom. The SMILES string of the molecule is C=C/C(=C\C=C(/C)c1nc2ccc(NC(=O)CCS/C=C\C)cc2[nH]1)NC(=O)C/C(=C/CC)SC. The van der Waals surface area contributed by atoms with Crippen molar-refractivity contribution in [3.05, 3.63) is 77.0 Å². The second-order valence-corrected chi connectivity index (χ2v) is 9.59. The van der Waals surface area contributed by atoms with Crippen molar-refractivity contribution in [1.82, 2.24) is 15.3 Å². The number of carbonyl (C=O) groups is 2. The van der Waals surface area contributed by atoms with Crippen molar-refractivity contribution in [2.75, 3.05) is 17.3 Å². The third-order valence-electron chi connectivity index (χ3n) is 4.86. The van der Waals surface area contributed by atoms with E-state index < -0.39 is 0 Å². The van der Waals surface area contributed by atoms with Gasteiger partial charge < -0.3 is 15.6 Å². The van der Waals surface area contributed by atoms with E-state index in [0.717, 1.165) is 39.4 Å². The summed E-state index contributed by atoms with van der Waals surface area (Å²) in [7, 11) is 0. The van der Waals surface area contributed by atoms with Crippen LogP contribution in [0.2, 0.25) is 0 Å². The van der Waals surface area contributed by atoms with Gasteiger partial charge in [-0.3, -0.25) is 9.59 Å². The standard InChI is InChI=1S/C27H34N4O2S2/c1-6-9-22(34-5)18-26(33)28-20(8-3)11-10-19(4)27-30-23-13-12-21(17-24(23)31-27)29-25(32)14-16-35-15-7-2/h7-13,15,17H,3,6,14,16,18H2,1-2,4-5H3,(H,28,33)(H,29,32)(H,30,31)/b15-7-,19-10+,20-11+,22-9-. The summed E-state index contributed by atoms with van der Waals surface area (Å²) < 4.78 is 0. The zero-order chi connectivity index (χ0) is 25.6. The lowest BCUT2D eigenvalue weighted by Gasteiger charge is -2.07. The Morgan fingerprint density at radius 2 is 2.03 bits per heavy atom. The highest BCUT2D eigenvalue weighted by atomic mass is 32.2. The number of rotatable bonds is 13. The van der Waals surface area contributed by atoms with E-state index in [1.165, 1.54) is 0 Å². The van der Waals surface area contributed by atoms with Crippen LogP contribution in [0.4, 0.5) is 5.69 Å². The number of fused-ring (bicyclic) bond motifs is 1. The van der Waals surface area contributed by atoms with Crippen LogP contribution in [0.15, 0.2) is 71.2 Å². The number of allylic oxidation sites excluding steroid dienone is 6. The maximum Gasteiger partial charge on any atom is 0.229 e. The summed E-state index contributed by atoms with van der Waals surface area (Å²) in [6.45, 7) is 9.75. The van der Waals surface area contributed by atoms with Crippen molar-refractivity contribution in [2.24, 2.45) is 0 Å². The number of amides is 2. The number of H-pyrrole nitrogens is 1. The number of hydrogen-bond donors (Lipinski definition) is 3. The normalized spacial score (nSPS) is 12.9. The third kappa shape index (κ3) is 9.66. The fourth-order valence-corrected chi connectivity index (χ4v) is 4.33. The summed E-state index contributed by atoms with van der Waals surface area (Å²) in [5, 5.41) is 7.82. The second kappa shape index (κ2) is 15.1. The minimum atomic E-state index is -0.0741. The Hall–Kier alpha value is -2.97. The maximum atomic E-state index is 12.4. The van der Waals surface area contributed by atoms with Gasteiger partial charge in [0.15, 0.2) is 0 Å². The number of nitrogens with one attached hydrogen (secondary N) is 3. The second-order valence-electron chi connectivity index (χ2n) is 7.64. The fourth-order valence-electron chi connectivity index (χ4n) is 3.09. The molecule has 0 unspecified atom stereocenters. The van der Waals surface area contributed by atoms with Gasteiger partial charge in [-0.1, -0.05) is 31.7 Å². The molecule has 186 valence electrons. The molecular formula is C27H34N4O2S2. The fraction of sp³-hybridized carbons (Fsp3) is 0.296. The van der Waals surface area contributed by atoms with Gasteiger partial charge in [-0.2, -0.15) is 0 Å². The van der Waals surface area contributed by atoms with Gasteiger partial charge in [-0.05, 0) is 72.8 Å². The van der Waals surface area contributed by atoms with Crippen molar-refractivity contribution in [3.63, 3.8) is 0 Å². The predicted octanol–water partition coefficient (Wildman–Crippen LogP) is 6.79. The van der Waals surface area contributed by atoms with Crippen LogP contribution in [-0.2, 0) is 9.59 Å². The summed E-state index contributed by atoms with van der Waals surface area (Å²) in [5.41, 5.74) is 3.90. The van der Waals surface area contributed by atoms with Gasteiger partial charge in [0, 0.05) is 23.6 Å². The van der Waals surface area contributed by atoms with Crippen molar-refractivity contribution in [2.45, 2.75) is 40.0 Å². The Bertz CT molecular complexity index is 1160. The van der Waals surface area contributed by atoms with Gasteiger partial charge in [0.05, 0.1) is 17.5 Å². The van der Waals surface area contributed by atoms with Crippen LogP contribution < -0.4 is 10.6 Å². The molecule has 2 rings (SSSR count). The molecule has 0 radical (unpaired) electrons. The number of hydrogen-bond acceptors (Lipinski definition) is 5. The summed E-state index contributed by atoms with van der Waals surface area (Å²) in [6.07, 6.45) is 13.0. The van der Waals surface area contributed by atoms with E-state index in [2.05, 4.69) is 40.2 Å². The maximum absolute atomic E-state index is 12.4. The van der Waals surface area contributed by atoms with Crippen LogP contribution in [0, 0.1) is 0 Å². The monoisotopic (exact) mass is 510 g/mol. The number of aromatic nitrogens is 2. The van der Waals surface area contributed by atoms with Crippen molar-refractivity contribution in [3.8, 4) is 0 Å². The molecule has 3 N–H and O–H groups in total. The first-order valence-electron chi connectivity index (χ1n) is 11.5. The highest BCUT2D eigenvalue weighted by molar-refractivity contribution is 8.02. The van der Waals surface area contributed by atoms with E-state index in [1.54, 1.807) is 29.6 Å². The van der Waals surface area contributed by atoms with Crippen LogP contribution >= 0.6 is 23.5 Å². The van der Waals surface area contributed by atoms with Crippen LogP contribution in [0.1, 0.15) is 45.9 Å². The van der Waals surface area contributed by atoms with E-state index in [0.29, 0.717) is 24.4 Å². The summed E-state index contributed by atoms with van der Waals surface area (Å²) in [4.78, 5) is 33.5. The molecule has 2 aromatic rings. The largest absolute Gasteiger partial charge is 0.338 e. The van der Waals surface area contributed by atoms with Crippen molar-refractivity contribution in [1.29, 1.82) is 0 Å². The minimum absolute atomic E-state index is 0.0175. The molecule has 0 fully saturated rings. The molecule has 1 aromatic carbocycles. The van der Waals surface area contributed by atoms with E-state index in [-0.39, 0.29) is 11.8 Å². The topological polar surface area (TPSA) is 86.9 Å². The van der Waals surface area contributed by atoms with Gasteiger partial charge in [-0.15, -0.1) is 23.5 Å². The van der Waals surface area contributed by atoms with Crippen molar-refractivity contribution >= 4 is 57.6 Å². The molecule has 0 saturated heterocycles. The number of benzene rings is 1. The molecule has 6 nitrogen and oxygen atoms in total. The lowest BCUT2D eigenvalue weighted by Crippen LogP contribution is -2.21.